The number of nitrogens with two attached hydrogens (primary N) is 1. The van der Waals surface area contributed by atoms with E-state index in [4.69, 9.17) is 10.8 Å². The van der Waals surface area contributed by atoms with Crippen LogP contribution in [0, 0.1) is 0 Å². The first-order valence-corrected chi connectivity index (χ1v) is 4.66. The van der Waals surface area contributed by atoms with Crippen molar-refractivity contribution in [3.63, 3.8) is 0 Å². The van der Waals surface area contributed by atoms with Crippen LogP contribution in [-0.2, 0) is 6.42 Å². The lowest BCUT2D eigenvalue weighted by molar-refractivity contribution is 0.208. The molecule has 0 spiro atoms. The lowest BCUT2D eigenvalue weighted by Crippen LogP contribution is -2.17. The van der Waals surface area contributed by atoms with E-state index in [2.05, 4.69) is 15.3 Å². The molecule has 0 aliphatic rings. The molecular weight excluding hydrogens is 180 g/mol. The van der Waals surface area contributed by atoms with Gasteiger partial charge in [-0.25, -0.2) is 9.97 Å². The minimum absolute atomic E-state index is 0.407. The predicted molar refractivity (Wildman–Crippen MR) is 56.0 cm³/mol. The second kappa shape index (κ2) is 4.76. The van der Waals surface area contributed by atoms with Gasteiger partial charge in [-0.15, -0.1) is 0 Å². The van der Waals surface area contributed by atoms with E-state index >= 15 is 0 Å². The van der Waals surface area contributed by atoms with E-state index in [9.17, 15) is 0 Å². The zero-order valence-corrected chi connectivity index (χ0v) is 8.49. The average molecular weight is 196 g/mol. The molecule has 14 heavy (non-hydrogen) atoms. The van der Waals surface area contributed by atoms with Crippen LogP contribution in [0.25, 0.3) is 0 Å². The topological polar surface area (TPSA) is 84.1 Å². The van der Waals surface area contributed by atoms with Gasteiger partial charge in [0.1, 0.15) is 18.0 Å². The van der Waals surface area contributed by atoms with Gasteiger partial charge < -0.3 is 16.2 Å². The first-order valence-electron chi connectivity index (χ1n) is 4.66. The third kappa shape index (κ3) is 2.56. The van der Waals surface area contributed by atoms with E-state index in [1.807, 2.05) is 6.92 Å². The molecule has 0 aromatic carbocycles. The molecule has 1 unspecified atom stereocenters. The molecule has 0 aliphatic carbocycles. The lowest BCUT2D eigenvalue weighted by atomic mass is 10.2. The van der Waals surface area contributed by atoms with Crippen molar-refractivity contribution in [1.82, 2.24) is 9.97 Å². The number of nitrogens with zero attached hydrogens (tertiary/aromatic N) is 2. The van der Waals surface area contributed by atoms with Gasteiger partial charge in [0.05, 0.1) is 6.10 Å². The summed E-state index contributed by atoms with van der Waals surface area (Å²) >= 11 is 0. The lowest BCUT2D eigenvalue weighted by Gasteiger charge is -2.11. The molecule has 4 N–H and O–H groups in total. The van der Waals surface area contributed by atoms with Gasteiger partial charge in [0.2, 0.25) is 0 Å². The molecule has 5 heteroatoms. The standard InChI is InChI=1S/C9H16N4O/c1-3-7-8(10)12-5-13-9(7)11-4-6(2)14/h5-6,14H,3-4H2,1-2H3,(H3,10,11,12,13). The second-order valence-corrected chi connectivity index (χ2v) is 3.17. The average Bonchev–Trinajstić information content (AvgIpc) is 2.14. The Balaban J connectivity index is 2.80. The highest BCUT2D eigenvalue weighted by Crippen LogP contribution is 2.17. The van der Waals surface area contributed by atoms with E-state index < -0.39 is 6.10 Å². The smallest absolute Gasteiger partial charge is 0.134 e. The summed E-state index contributed by atoms with van der Waals surface area (Å²) in [6.45, 7) is 4.16. The summed E-state index contributed by atoms with van der Waals surface area (Å²) in [5, 5.41) is 12.1. The Morgan fingerprint density at radius 1 is 1.57 bits per heavy atom. The summed E-state index contributed by atoms with van der Waals surface area (Å²) in [6, 6.07) is 0. The van der Waals surface area contributed by atoms with Gasteiger partial charge in [0, 0.05) is 12.1 Å². The number of rotatable bonds is 4. The van der Waals surface area contributed by atoms with Crippen molar-refractivity contribution in [2.75, 3.05) is 17.6 Å². The quantitative estimate of drug-likeness (QED) is 0.649. The monoisotopic (exact) mass is 196 g/mol. The van der Waals surface area contributed by atoms with Crippen molar-refractivity contribution in [1.29, 1.82) is 0 Å². The second-order valence-electron chi connectivity index (χ2n) is 3.17. The minimum atomic E-state index is -0.407. The molecule has 1 aromatic rings. The van der Waals surface area contributed by atoms with E-state index in [0.717, 1.165) is 12.0 Å². The van der Waals surface area contributed by atoms with Gasteiger partial charge in [0.25, 0.3) is 0 Å². The van der Waals surface area contributed by atoms with Crippen molar-refractivity contribution in [3.05, 3.63) is 11.9 Å². The summed E-state index contributed by atoms with van der Waals surface area (Å²) < 4.78 is 0. The highest BCUT2D eigenvalue weighted by molar-refractivity contribution is 5.54. The van der Waals surface area contributed by atoms with Crippen molar-refractivity contribution in [2.45, 2.75) is 26.4 Å². The van der Waals surface area contributed by atoms with Crippen molar-refractivity contribution < 1.29 is 5.11 Å². The molecule has 0 radical (unpaired) electrons. The van der Waals surface area contributed by atoms with E-state index in [1.54, 1.807) is 6.92 Å². The molecule has 0 bridgehead atoms. The number of hydrogen-bond donors (Lipinski definition) is 3. The van der Waals surface area contributed by atoms with Crippen LogP contribution < -0.4 is 11.1 Å². The first-order chi connectivity index (χ1) is 6.65. The number of aromatic nitrogens is 2. The van der Waals surface area contributed by atoms with Crippen LogP contribution >= 0.6 is 0 Å². The Kier molecular flexibility index (Phi) is 3.64. The summed E-state index contributed by atoms with van der Waals surface area (Å²) in [7, 11) is 0. The Hall–Kier alpha value is -1.36. The fourth-order valence-corrected chi connectivity index (χ4v) is 1.17. The Morgan fingerprint density at radius 3 is 2.86 bits per heavy atom. The van der Waals surface area contributed by atoms with E-state index in [1.165, 1.54) is 6.33 Å². The third-order valence-corrected chi connectivity index (χ3v) is 1.90. The molecule has 78 valence electrons. The van der Waals surface area contributed by atoms with E-state index in [0.29, 0.717) is 18.2 Å². The van der Waals surface area contributed by atoms with Crippen molar-refractivity contribution >= 4 is 11.6 Å². The molecular formula is C9H16N4O. The van der Waals surface area contributed by atoms with Gasteiger partial charge in [-0.2, -0.15) is 0 Å². The molecule has 5 nitrogen and oxygen atoms in total. The number of aliphatic hydroxyl groups excluding tert-OH is 1. The summed E-state index contributed by atoms with van der Waals surface area (Å²) in [6.07, 6.45) is 1.78. The van der Waals surface area contributed by atoms with Crippen LogP contribution in [0.5, 0.6) is 0 Å². The zero-order valence-electron chi connectivity index (χ0n) is 8.49. The summed E-state index contributed by atoms with van der Waals surface area (Å²) in [5.41, 5.74) is 6.58. The van der Waals surface area contributed by atoms with Gasteiger partial charge in [-0.1, -0.05) is 6.92 Å². The fourth-order valence-electron chi connectivity index (χ4n) is 1.17. The molecule has 0 fully saturated rings. The third-order valence-electron chi connectivity index (χ3n) is 1.90. The Bertz CT molecular complexity index is 301. The van der Waals surface area contributed by atoms with Crippen LogP contribution in [0.2, 0.25) is 0 Å². The van der Waals surface area contributed by atoms with Crippen molar-refractivity contribution in [2.24, 2.45) is 0 Å². The van der Waals surface area contributed by atoms with Crippen LogP contribution in [0.15, 0.2) is 6.33 Å². The Labute approximate surface area is 83.4 Å². The van der Waals surface area contributed by atoms with Crippen LogP contribution in [0.3, 0.4) is 0 Å². The fraction of sp³-hybridized carbons (Fsp3) is 0.556. The molecule has 1 rings (SSSR count). The largest absolute Gasteiger partial charge is 0.392 e. The SMILES string of the molecule is CCc1c(N)ncnc1NCC(C)O. The van der Waals surface area contributed by atoms with Gasteiger partial charge >= 0.3 is 0 Å². The first kappa shape index (κ1) is 10.7. The highest BCUT2D eigenvalue weighted by Gasteiger charge is 2.06. The Morgan fingerprint density at radius 2 is 2.29 bits per heavy atom. The molecule has 0 amide bonds. The van der Waals surface area contributed by atoms with Crippen LogP contribution in [-0.4, -0.2) is 27.7 Å². The number of anilines is 2. The van der Waals surface area contributed by atoms with Gasteiger partial charge in [0.15, 0.2) is 0 Å². The minimum Gasteiger partial charge on any atom is -0.392 e. The van der Waals surface area contributed by atoms with Crippen LogP contribution in [0.4, 0.5) is 11.6 Å². The summed E-state index contributed by atoms with van der Waals surface area (Å²) in [4.78, 5) is 7.97. The number of nitrogens with one attached hydrogen (secondary N) is 1. The molecule has 1 atom stereocenters. The van der Waals surface area contributed by atoms with Gasteiger partial charge in [-0.05, 0) is 13.3 Å². The molecule has 1 heterocycles. The number of hydrogen-bond acceptors (Lipinski definition) is 5. The molecule has 1 aromatic heterocycles. The van der Waals surface area contributed by atoms with Crippen molar-refractivity contribution in [3.8, 4) is 0 Å². The number of nitrogen functional groups attached to an aromatic ring is 1. The number of aliphatic hydroxyl groups is 1. The van der Waals surface area contributed by atoms with E-state index in [-0.39, 0.29) is 0 Å². The summed E-state index contributed by atoms with van der Waals surface area (Å²) in [5.74, 6) is 1.21. The normalized spacial score (nSPS) is 12.5. The molecule has 0 aliphatic heterocycles. The maximum atomic E-state index is 9.11. The zero-order chi connectivity index (χ0) is 10.6. The maximum absolute atomic E-state index is 9.11. The highest BCUT2D eigenvalue weighted by atomic mass is 16.3. The predicted octanol–water partition coefficient (Wildman–Crippen LogP) is 0.414. The molecule has 0 saturated carbocycles. The molecule has 0 saturated heterocycles. The van der Waals surface area contributed by atoms with Crippen LogP contribution in [0.1, 0.15) is 19.4 Å². The maximum Gasteiger partial charge on any atom is 0.134 e. The van der Waals surface area contributed by atoms with Gasteiger partial charge in [-0.3, -0.25) is 0 Å².